The number of hydrogen-bond acceptors (Lipinski definition) is 5. The van der Waals surface area contributed by atoms with Crippen LogP contribution in [0, 0.1) is 13.8 Å². The number of carbonyl (C=O) groups excluding carboxylic acids is 2. The highest BCUT2D eigenvalue weighted by molar-refractivity contribution is 9.10. The summed E-state index contributed by atoms with van der Waals surface area (Å²) in [6.45, 7) is 5.74. The second-order valence-electron chi connectivity index (χ2n) is 7.89. The van der Waals surface area contributed by atoms with Crippen LogP contribution in [0.3, 0.4) is 0 Å². The molecule has 2 aromatic carbocycles. The smallest absolute Gasteiger partial charge is 0.344 e. The van der Waals surface area contributed by atoms with Crippen LogP contribution in [0.25, 0.3) is 11.8 Å². The van der Waals surface area contributed by atoms with Gasteiger partial charge >= 0.3 is 5.97 Å². The minimum atomic E-state index is -0.753. The fourth-order valence-electron chi connectivity index (χ4n) is 3.84. The van der Waals surface area contributed by atoms with E-state index in [1.807, 2.05) is 44.2 Å². The number of rotatable bonds is 5. The number of amides is 1. The van der Waals surface area contributed by atoms with Crippen molar-refractivity contribution in [1.82, 2.24) is 4.57 Å². The third kappa shape index (κ3) is 5.21. The van der Waals surface area contributed by atoms with Crippen molar-refractivity contribution in [2.75, 3.05) is 6.61 Å². The molecule has 0 unspecified atom stereocenters. The fourth-order valence-corrected chi connectivity index (χ4v) is 5.33. The van der Waals surface area contributed by atoms with Gasteiger partial charge in [-0.15, -0.1) is 0 Å². The molecule has 9 heteroatoms. The average Bonchev–Trinajstić information content (AvgIpc) is 3.29. The lowest BCUT2D eigenvalue weighted by atomic mass is 10.1. The summed E-state index contributed by atoms with van der Waals surface area (Å²) in [6.07, 6.45) is 1.78. The molecule has 0 atom stereocenters. The van der Waals surface area contributed by atoms with Crippen LogP contribution < -0.4 is 0 Å². The van der Waals surface area contributed by atoms with Crippen molar-refractivity contribution in [3.8, 4) is 5.69 Å². The van der Waals surface area contributed by atoms with E-state index in [2.05, 4.69) is 25.5 Å². The maximum atomic E-state index is 12.8. The number of ether oxygens (including phenoxy) is 1. The third-order valence-corrected chi connectivity index (χ3v) is 7.40. The van der Waals surface area contributed by atoms with Crippen molar-refractivity contribution in [2.45, 2.75) is 20.8 Å². The Bertz CT molecular complexity index is 1450. The quantitative estimate of drug-likeness (QED) is 0.320. The Labute approximate surface area is 226 Å². The number of aliphatic imine (C=N–C) groups is 1. The van der Waals surface area contributed by atoms with Crippen molar-refractivity contribution < 1.29 is 19.4 Å². The summed E-state index contributed by atoms with van der Waals surface area (Å²) in [5.74, 6) is -1.65. The summed E-state index contributed by atoms with van der Waals surface area (Å²) in [5.41, 5.74) is 3.86. The van der Waals surface area contributed by atoms with E-state index in [9.17, 15) is 14.7 Å². The highest BCUT2D eigenvalue weighted by Crippen LogP contribution is 2.40. The van der Waals surface area contributed by atoms with E-state index < -0.39 is 11.9 Å². The van der Waals surface area contributed by atoms with E-state index in [4.69, 9.17) is 16.3 Å². The van der Waals surface area contributed by atoms with Crippen LogP contribution in [-0.4, -0.2) is 33.2 Å². The number of esters is 1. The molecule has 3 aromatic rings. The second-order valence-corrected chi connectivity index (χ2v) is 10.2. The number of nitrogens with zero attached hydrogens (tertiary/aromatic N) is 2. The van der Waals surface area contributed by atoms with E-state index in [1.54, 1.807) is 37.3 Å². The molecule has 0 saturated carbocycles. The normalized spacial score (nSPS) is 15.7. The highest BCUT2D eigenvalue weighted by atomic mass is 79.9. The second kappa shape index (κ2) is 10.9. The van der Waals surface area contributed by atoms with Gasteiger partial charge in [-0.05, 0) is 74.9 Å². The van der Waals surface area contributed by atoms with Crippen LogP contribution in [0.4, 0.5) is 0 Å². The monoisotopic (exact) mass is 584 g/mol. The number of aliphatic hydroxyl groups is 1. The molecule has 184 valence electrons. The molecule has 1 aliphatic rings. The Morgan fingerprint density at radius 2 is 1.86 bits per heavy atom. The fraction of sp³-hybridized carbons (Fsp3) is 0.148. The summed E-state index contributed by atoms with van der Waals surface area (Å²) in [7, 11) is 0. The number of halogens is 2. The van der Waals surface area contributed by atoms with Crippen molar-refractivity contribution >= 4 is 62.3 Å². The molecular formula is C27H22BrClN2O4S. The number of carbonyl (C=O) groups is 2. The zero-order chi connectivity index (χ0) is 26.0. The predicted octanol–water partition coefficient (Wildman–Crippen LogP) is 7.21. The van der Waals surface area contributed by atoms with Crippen LogP contribution in [0.2, 0.25) is 5.02 Å². The summed E-state index contributed by atoms with van der Waals surface area (Å²) < 4.78 is 8.21. The molecule has 0 fully saturated rings. The molecule has 0 bridgehead atoms. The third-order valence-electron chi connectivity index (χ3n) is 5.52. The number of aromatic nitrogens is 1. The minimum absolute atomic E-state index is 0.0591. The molecule has 1 aromatic heterocycles. The predicted molar refractivity (Wildman–Crippen MR) is 148 cm³/mol. The lowest BCUT2D eigenvalue weighted by molar-refractivity contribution is -0.138. The van der Waals surface area contributed by atoms with Gasteiger partial charge in [0.15, 0.2) is 0 Å². The van der Waals surface area contributed by atoms with E-state index >= 15 is 0 Å². The molecular weight excluding hydrogens is 564 g/mol. The van der Waals surface area contributed by atoms with E-state index in [1.165, 1.54) is 0 Å². The van der Waals surface area contributed by atoms with Crippen molar-refractivity contribution in [3.05, 3.63) is 103 Å². The molecule has 0 saturated heterocycles. The van der Waals surface area contributed by atoms with Gasteiger partial charge in [-0.3, -0.25) is 4.79 Å². The first-order valence-corrected chi connectivity index (χ1v) is 13.0. The first kappa shape index (κ1) is 26.0. The Hall–Kier alpha value is -3.07. The van der Waals surface area contributed by atoms with Gasteiger partial charge in [0, 0.05) is 21.5 Å². The van der Waals surface area contributed by atoms with Crippen molar-refractivity contribution in [3.63, 3.8) is 0 Å². The van der Waals surface area contributed by atoms with E-state index in [0.717, 1.165) is 38.9 Å². The summed E-state index contributed by atoms with van der Waals surface area (Å²) in [6, 6.07) is 16.5. The summed E-state index contributed by atoms with van der Waals surface area (Å²) in [4.78, 5) is 30.0. The lowest BCUT2D eigenvalue weighted by Gasteiger charge is -2.09. The molecule has 0 spiro atoms. The zero-order valence-corrected chi connectivity index (χ0v) is 22.9. The molecule has 1 amide bonds. The molecule has 1 N–H and O–H groups in total. The van der Waals surface area contributed by atoms with Gasteiger partial charge < -0.3 is 14.4 Å². The van der Waals surface area contributed by atoms with Crippen LogP contribution >= 0.6 is 39.3 Å². The first-order chi connectivity index (χ1) is 17.2. The molecule has 2 heterocycles. The maximum Gasteiger partial charge on any atom is 0.344 e. The van der Waals surface area contributed by atoms with Gasteiger partial charge in [0.2, 0.25) is 0 Å². The van der Waals surface area contributed by atoms with Crippen molar-refractivity contribution in [2.24, 2.45) is 4.99 Å². The van der Waals surface area contributed by atoms with Gasteiger partial charge in [-0.2, -0.15) is 0 Å². The standard InChI is InChI=1S/C27H22BrClN2O4S/c1-4-35-27(34)23-24(32)22(36-26(23)30-25(33)20-7-5-6-8-21(20)29)14-17-13-15(2)31(16(17)3)19-11-9-18(28)10-12-19/h5-14,32H,4H2,1-3H3/b22-14-,30-26?. The number of thioether (sulfide) groups is 1. The number of aryl methyl sites for hydroxylation is 1. The van der Waals surface area contributed by atoms with Gasteiger partial charge in [0.1, 0.15) is 16.4 Å². The van der Waals surface area contributed by atoms with E-state index in [0.29, 0.717) is 4.91 Å². The summed E-state index contributed by atoms with van der Waals surface area (Å²) >= 11 is 10.6. The van der Waals surface area contributed by atoms with Gasteiger partial charge in [0.25, 0.3) is 5.91 Å². The first-order valence-electron chi connectivity index (χ1n) is 11.0. The van der Waals surface area contributed by atoms with Gasteiger partial charge in [-0.1, -0.05) is 51.4 Å². The van der Waals surface area contributed by atoms with Crippen LogP contribution in [0.5, 0.6) is 0 Å². The summed E-state index contributed by atoms with van der Waals surface area (Å²) in [5, 5.41) is 11.3. The molecule has 0 radical (unpaired) electrons. The average molecular weight is 586 g/mol. The highest BCUT2D eigenvalue weighted by Gasteiger charge is 2.34. The van der Waals surface area contributed by atoms with E-state index in [-0.39, 0.29) is 33.6 Å². The van der Waals surface area contributed by atoms with Gasteiger partial charge in [-0.25, -0.2) is 9.79 Å². The molecule has 1 aliphatic heterocycles. The molecule has 6 nitrogen and oxygen atoms in total. The van der Waals surface area contributed by atoms with Crippen molar-refractivity contribution in [1.29, 1.82) is 0 Å². The lowest BCUT2D eigenvalue weighted by Crippen LogP contribution is -2.14. The molecule has 0 aliphatic carbocycles. The number of hydrogen-bond donors (Lipinski definition) is 1. The minimum Gasteiger partial charge on any atom is -0.506 e. The Balaban J connectivity index is 1.76. The van der Waals surface area contributed by atoms with Crippen LogP contribution in [0.1, 0.15) is 34.2 Å². The van der Waals surface area contributed by atoms with Crippen LogP contribution in [0.15, 0.2) is 80.3 Å². The molecule has 36 heavy (non-hydrogen) atoms. The number of aliphatic hydroxyl groups excluding tert-OH is 1. The number of benzene rings is 2. The zero-order valence-electron chi connectivity index (χ0n) is 19.7. The molecule has 4 rings (SSSR count). The van der Waals surface area contributed by atoms with Gasteiger partial charge in [0.05, 0.1) is 22.1 Å². The maximum absolute atomic E-state index is 12.8. The topological polar surface area (TPSA) is 80.9 Å². The Morgan fingerprint density at radius 3 is 2.53 bits per heavy atom. The Morgan fingerprint density at radius 1 is 1.17 bits per heavy atom. The largest absolute Gasteiger partial charge is 0.506 e. The SMILES string of the molecule is CCOC(=O)C1=C(O)/C(=C/c2cc(C)n(-c3ccc(Br)cc3)c2C)SC1=NC(=O)c1ccccc1Cl. The Kier molecular flexibility index (Phi) is 7.88. The van der Waals surface area contributed by atoms with Crippen LogP contribution in [-0.2, 0) is 9.53 Å².